The Morgan fingerprint density at radius 2 is 2.13 bits per heavy atom. The number of rotatable bonds is 5. The Balaban J connectivity index is 1.66. The van der Waals surface area contributed by atoms with E-state index < -0.39 is 15.9 Å². The summed E-state index contributed by atoms with van der Waals surface area (Å²) in [5.74, 6) is -0.349. The number of nitriles is 1. The number of nitrogens with zero attached hydrogens (tertiary/aromatic N) is 2. The summed E-state index contributed by atoms with van der Waals surface area (Å²) in [6, 6.07) is 4.89. The van der Waals surface area contributed by atoms with Crippen LogP contribution in [0.3, 0.4) is 0 Å². The summed E-state index contributed by atoms with van der Waals surface area (Å²) in [7, 11) is -4.21. The molecule has 1 aliphatic rings. The summed E-state index contributed by atoms with van der Waals surface area (Å²) in [5, 5.41) is 17.2. The minimum Gasteiger partial charge on any atom is -0.454 e. The SMILES string of the molecule is Cc1cc2c(c(C#N)c1NC(=O)c1sccc1S(=O)(=O)Nc1onc(C)c1Cl)OCO2. The first-order chi connectivity index (χ1) is 14.7. The van der Waals surface area contributed by atoms with Crippen molar-refractivity contribution in [2.75, 3.05) is 16.8 Å². The molecule has 0 atom stereocenters. The molecule has 2 aromatic heterocycles. The molecule has 31 heavy (non-hydrogen) atoms. The van der Waals surface area contributed by atoms with E-state index in [1.54, 1.807) is 19.9 Å². The molecule has 3 heterocycles. The first kappa shape index (κ1) is 21.0. The molecule has 13 heteroatoms. The van der Waals surface area contributed by atoms with Gasteiger partial charge in [0.25, 0.3) is 21.8 Å². The van der Waals surface area contributed by atoms with Gasteiger partial charge in [-0.1, -0.05) is 16.8 Å². The lowest BCUT2D eigenvalue weighted by atomic mass is 10.1. The van der Waals surface area contributed by atoms with Crippen molar-refractivity contribution < 1.29 is 27.2 Å². The average Bonchev–Trinajstić information content (AvgIpc) is 3.45. The Hall–Kier alpha value is -3.27. The van der Waals surface area contributed by atoms with Crippen LogP contribution in [0.4, 0.5) is 11.6 Å². The standard InChI is InChI=1S/C18H13ClN4O6S2/c1-8-5-11-15(28-7-27-11)10(6-20)14(8)21-17(24)16-12(3-4-30-16)31(25,26)23-18-13(19)9(2)22-29-18/h3-5,23H,7H2,1-2H3,(H,21,24). The van der Waals surface area contributed by atoms with E-state index in [0.29, 0.717) is 17.0 Å². The van der Waals surface area contributed by atoms with Crippen molar-refractivity contribution in [2.45, 2.75) is 18.7 Å². The van der Waals surface area contributed by atoms with E-state index >= 15 is 0 Å². The van der Waals surface area contributed by atoms with Gasteiger partial charge < -0.3 is 19.3 Å². The van der Waals surface area contributed by atoms with Gasteiger partial charge in [-0.3, -0.25) is 4.79 Å². The highest BCUT2D eigenvalue weighted by molar-refractivity contribution is 7.93. The van der Waals surface area contributed by atoms with Gasteiger partial charge in [0.05, 0.1) is 5.69 Å². The van der Waals surface area contributed by atoms with Crippen LogP contribution in [0.25, 0.3) is 0 Å². The van der Waals surface area contributed by atoms with Crippen LogP contribution in [-0.4, -0.2) is 26.3 Å². The van der Waals surface area contributed by atoms with E-state index in [-0.39, 0.29) is 44.5 Å². The third-order valence-electron chi connectivity index (χ3n) is 4.35. The molecule has 0 fully saturated rings. The maximum atomic E-state index is 13.0. The molecule has 0 radical (unpaired) electrons. The summed E-state index contributed by atoms with van der Waals surface area (Å²) in [6.45, 7) is 3.19. The monoisotopic (exact) mass is 480 g/mol. The zero-order chi connectivity index (χ0) is 22.3. The Morgan fingerprint density at radius 1 is 1.35 bits per heavy atom. The number of nitrogens with one attached hydrogen (secondary N) is 2. The number of hydrogen-bond donors (Lipinski definition) is 2. The maximum Gasteiger partial charge on any atom is 0.267 e. The highest BCUT2D eigenvalue weighted by atomic mass is 35.5. The third kappa shape index (κ3) is 3.67. The molecule has 10 nitrogen and oxygen atoms in total. The molecule has 0 saturated heterocycles. The molecule has 4 rings (SSSR count). The molecule has 1 amide bonds. The molecule has 3 aromatic rings. The van der Waals surface area contributed by atoms with Crippen molar-refractivity contribution >= 4 is 50.4 Å². The first-order valence-corrected chi connectivity index (χ1v) is 11.3. The zero-order valence-corrected chi connectivity index (χ0v) is 18.4. The van der Waals surface area contributed by atoms with E-state index in [1.807, 2.05) is 6.07 Å². The molecule has 2 N–H and O–H groups in total. The molecule has 1 aliphatic heterocycles. The molecule has 0 bridgehead atoms. The van der Waals surface area contributed by atoms with Crippen molar-refractivity contribution in [3.63, 3.8) is 0 Å². The van der Waals surface area contributed by atoms with Crippen LogP contribution >= 0.6 is 22.9 Å². The Kier molecular flexibility index (Phi) is 5.26. The van der Waals surface area contributed by atoms with Gasteiger partial charge >= 0.3 is 0 Å². The molecule has 0 aliphatic carbocycles. The number of sulfonamides is 1. The fourth-order valence-electron chi connectivity index (χ4n) is 2.88. The highest BCUT2D eigenvalue weighted by Crippen LogP contribution is 2.42. The quantitative estimate of drug-likeness (QED) is 0.563. The topological polar surface area (TPSA) is 144 Å². The van der Waals surface area contributed by atoms with Crippen LogP contribution in [-0.2, 0) is 10.0 Å². The first-order valence-electron chi connectivity index (χ1n) is 8.59. The number of carbonyl (C=O) groups excluding carboxylic acids is 1. The average molecular weight is 481 g/mol. The van der Waals surface area contributed by atoms with Gasteiger partial charge in [0, 0.05) is 0 Å². The second-order valence-electron chi connectivity index (χ2n) is 6.37. The number of aryl methyl sites for hydroxylation is 2. The number of halogens is 1. The number of fused-ring (bicyclic) bond motifs is 1. The Bertz CT molecular complexity index is 1360. The van der Waals surface area contributed by atoms with Gasteiger partial charge in [0.2, 0.25) is 6.79 Å². The molecular weight excluding hydrogens is 468 g/mol. The van der Waals surface area contributed by atoms with Crippen molar-refractivity contribution in [1.82, 2.24) is 5.16 Å². The van der Waals surface area contributed by atoms with Crippen LogP contribution in [0.5, 0.6) is 11.5 Å². The van der Waals surface area contributed by atoms with Gasteiger partial charge in [-0.2, -0.15) is 5.26 Å². The molecular formula is C18H13ClN4O6S2. The molecule has 1 aromatic carbocycles. The van der Waals surface area contributed by atoms with Crippen LogP contribution in [0.2, 0.25) is 5.02 Å². The molecule has 0 spiro atoms. The third-order valence-corrected chi connectivity index (χ3v) is 7.21. The van der Waals surface area contributed by atoms with Gasteiger partial charge in [-0.25, -0.2) is 13.1 Å². The lowest BCUT2D eigenvalue weighted by molar-refractivity contribution is 0.102. The summed E-state index contributed by atoms with van der Waals surface area (Å²) >= 11 is 6.89. The fraction of sp³-hybridized carbons (Fsp3) is 0.167. The van der Waals surface area contributed by atoms with Gasteiger partial charge in [0.15, 0.2) is 11.5 Å². The summed E-state index contributed by atoms with van der Waals surface area (Å²) in [5.41, 5.74) is 1.15. The minimum atomic E-state index is -4.21. The number of anilines is 2. The summed E-state index contributed by atoms with van der Waals surface area (Å²) in [4.78, 5) is 12.6. The number of ether oxygens (including phenoxy) is 2. The number of amides is 1. The fourth-order valence-corrected chi connectivity index (χ4v) is 5.37. The molecule has 0 unspecified atom stereocenters. The second-order valence-corrected chi connectivity index (χ2v) is 9.32. The summed E-state index contributed by atoms with van der Waals surface area (Å²) in [6.07, 6.45) is 0. The predicted octanol–water partition coefficient (Wildman–Crippen LogP) is 3.66. The van der Waals surface area contributed by atoms with Crippen LogP contribution in [0.15, 0.2) is 26.9 Å². The van der Waals surface area contributed by atoms with Gasteiger partial charge in [-0.15, -0.1) is 11.3 Å². The van der Waals surface area contributed by atoms with Crippen LogP contribution < -0.4 is 19.5 Å². The van der Waals surface area contributed by atoms with Crippen molar-refractivity contribution in [2.24, 2.45) is 0 Å². The Morgan fingerprint density at radius 3 is 2.81 bits per heavy atom. The number of hydrogen-bond acceptors (Lipinski definition) is 9. The van der Waals surface area contributed by atoms with Crippen LogP contribution in [0, 0.1) is 25.2 Å². The van der Waals surface area contributed by atoms with E-state index in [1.165, 1.54) is 11.4 Å². The number of aromatic nitrogens is 1. The predicted molar refractivity (Wildman–Crippen MR) is 111 cm³/mol. The molecule has 160 valence electrons. The minimum absolute atomic E-state index is 0.0134. The number of carbonyl (C=O) groups is 1. The lowest BCUT2D eigenvalue weighted by Gasteiger charge is -2.12. The number of benzene rings is 1. The van der Waals surface area contributed by atoms with Crippen molar-refractivity contribution in [3.05, 3.63) is 44.2 Å². The highest BCUT2D eigenvalue weighted by Gasteiger charge is 2.29. The van der Waals surface area contributed by atoms with Gasteiger partial charge in [-0.05, 0) is 36.9 Å². The van der Waals surface area contributed by atoms with Crippen LogP contribution in [0.1, 0.15) is 26.5 Å². The lowest BCUT2D eigenvalue weighted by Crippen LogP contribution is -2.19. The number of thiophene rings is 1. The largest absolute Gasteiger partial charge is 0.454 e. The smallest absolute Gasteiger partial charge is 0.267 e. The summed E-state index contributed by atoms with van der Waals surface area (Å²) < 4.78 is 43.3. The maximum absolute atomic E-state index is 13.0. The van der Waals surface area contributed by atoms with E-state index in [4.69, 9.17) is 25.6 Å². The van der Waals surface area contributed by atoms with Crippen molar-refractivity contribution in [3.8, 4) is 17.6 Å². The van der Waals surface area contributed by atoms with E-state index in [0.717, 1.165) is 11.3 Å². The van der Waals surface area contributed by atoms with E-state index in [2.05, 4.69) is 15.2 Å². The van der Waals surface area contributed by atoms with Gasteiger partial charge in [0.1, 0.15) is 32.1 Å². The molecule has 0 saturated carbocycles. The van der Waals surface area contributed by atoms with E-state index in [9.17, 15) is 18.5 Å². The Labute approximate surface area is 185 Å². The second kappa shape index (κ2) is 7.77. The van der Waals surface area contributed by atoms with Crippen molar-refractivity contribution in [1.29, 1.82) is 5.26 Å². The zero-order valence-electron chi connectivity index (χ0n) is 16.0. The normalized spacial score (nSPS) is 12.5.